The third-order valence-electron chi connectivity index (χ3n) is 1.98. The van der Waals surface area contributed by atoms with Crippen molar-refractivity contribution in [2.75, 3.05) is 13.6 Å². The van der Waals surface area contributed by atoms with Crippen LogP contribution < -0.4 is 0 Å². The first-order valence-corrected chi connectivity index (χ1v) is 9.81. The van der Waals surface area contributed by atoms with E-state index in [1.54, 1.807) is 11.9 Å². The van der Waals surface area contributed by atoms with Gasteiger partial charge in [-0.25, -0.2) is 4.79 Å². The average molecular weight is 257 g/mol. The average Bonchev–Trinajstić information content (AvgIpc) is 2.07. The van der Waals surface area contributed by atoms with Gasteiger partial charge in [0.1, 0.15) is 5.60 Å². The minimum Gasteiger partial charge on any atom is -0.444 e. The fraction of sp³-hybridized carbons (Fsp3) is 0.769. The molecule has 0 atom stereocenters. The van der Waals surface area contributed by atoms with E-state index in [1.165, 1.54) is 0 Å². The second kappa shape index (κ2) is 6.24. The molecule has 0 N–H and O–H groups in total. The van der Waals surface area contributed by atoms with Gasteiger partial charge < -0.3 is 9.64 Å². The molecule has 100 valence electrons. The Balaban J connectivity index is 4.02. The van der Waals surface area contributed by atoms with Crippen molar-refractivity contribution >= 4 is 14.2 Å². The molecule has 0 saturated carbocycles. The Labute approximate surface area is 107 Å². The summed E-state index contributed by atoms with van der Waals surface area (Å²) in [6.07, 6.45) is 3.95. The van der Waals surface area contributed by atoms with Crippen LogP contribution in [0.15, 0.2) is 12.2 Å². The van der Waals surface area contributed by atoms with Gasteiger partial charge in [0.2, 0.25) is 0 Å². The van der Waals surface area contributed by atoms with Gasteiger partial charge in [-0.3, -0.25) is 0 Å². The molecule has 0 unspecified atom stereocenters. The zero-order valence-corrected chi connectivity index (χ0v) is 13.3. The molecule has 0 fully saturated rings. The van der Waals surface area contributed by atoms with Gasteiger partial charge in [-0.05, 0) is 26.8 Å². The van der Waals surface area contributed by atoms with Crippen molar-refractivity contribution in [2.24, 2.45) is 0 Å². The van der Waals surface area contributed by atoms with Crippen molar-refractivity contribution < 1.29 is 9.53 Å². The molecule has 0 aliphatic rings. The molecule has 0 rings (SSSR count). The SMILES string of the molecule is CN(C/C=C/C[Si](C)(C)C)C(=O)OC(C)(C)C. The Morgan fingerprint density at radius 1 is 1.24 bits per heavy atom. The summed E-state index contributed by atoms with van der Waals surface area (Å²) in [6, 6.07) is 1.15. The van der Waals surface area contributed by atoms with E-state index in [0.717, 1.165) is 6.04 Å². The summed E-state index contributed by atoms with van der Waals surface area (Å²) in [5.74, 6) is 0. The lowest BCUT2D eigenvalue weighted by Crippen LogP contribution is -2.34. The van der Waals surface area contributed by atoms with Crippen LogP contribution >= 0.6 is 0 Å². The van der Waals surface area contributed by atoms with Gasteiger partial charge in [-0.2, -0.15) is 0 Å². The molecule has 0 aliphatic carbocycles. The van der Waals surface area contributed by atoms with Crippen molar-refractivity contribution in [1.82, 2.24) is 4.90 Å². The standard InChI is InChI=1S/C13H27NO2Si/c1-13(2,3)16-12(15)14(4)10-8-9-11-17(5,6)7/h8-9H,10-11H2,1-7H3/b9-8+. The highest BCUT2D eigenvalue weighted by Crippen LogP contribution is 2.10. The number of ether oxygens (including phenoxy) is 1. The largest absolute Gasteiger partial charge is 0.444 e. The van der Waals surface area contributed by atoms with E-state index in [1.807, 2.05) is 26.8 Å². The predicted molar refractivity (Wildman–Crippen MR) is 76.2 cm³/mol. The predicted octanol–water partition coefficient (Wildman–Crippen LogP) is 3.75. The van der Waals surface area contributed by atoms with E-state index >= 15 is 0 Å². The first-order chi connectivity index (χ1) is 7.51. The fourth-order valence-electron chi connectivity index (χ4n) is 1.08. The third-order valence-corrected chi connectivity index (χ3v) is 3.44. The molecule has 0 saturated heterocycles. The normalized spacial score (nSPS) is 12.9. The minimum atomic E-state index is -1.02. The highest BCUT2D eigenvalue weighted by atomic mass is 28.3. The Morgan fingerprint density at radius 3 is 2.18 bits per heavy atom. The maximum Gasteiger partial charge on any atom is 0.410 e. The van der Waals surface area contributed by atoms with Crippen LogP contribution in [0.5, 0.6) is 0 Å². The Kier molecular flexibility index (Phi) is 5.95. The molecule has 17 heavy (non-hydrogen) atoms. The molecule has 0 aromatic rings. The van der Waals surface area contributed by atoms with Gasteiger partial charge in [-0.15, -0.1) is 0 Å². The summed E-state index contributed by atoms with van der Waals surface area (Å²) in [6.45, 7) is 13.2. The first kappa shape index (κ1) is 16.2. The molecule has 0 aromatic heterocycles. The van der Waals surface area contributed by atoms with Crippen LogP contribution in [0.25, 0.3) is 0 Å². The summed E-state index contributed by atoms with van der Waals surface area (Å²) in [5, 5.41) is 0. The number of likely N-dealkylation sites (N-methyl/N-ethyl adjacent to an activating group) is 1. The Bertz CT molecular complexity index is 274. The zero-order chi connectivity index (χ0) is 13.7. The van der Waals surface area contributed by atoms with Gasteiger partial charge in [-0.1, -0.05) is 31.8 Å². The van der Waals surface area contributed by atoms with Crippen LogP contribution in [0.1, 0.15) is 20.8 Å². The van der Waals surface area contributed by atoms with Gasteiger partial charge in [0, 0.05) is 21.7 Å². The van der Waals surface area contributed by atoms with E-state index < -0.39 is 13.7 Å². The number of hydrogen-bond donors (Lipinski definition) is 0. The van der Waals surface area contributed by atoms with Crippen LogP contribution in [0, 0.1) is 0 Å². The lowest BCUT2D eigenvalue weighted by molar-refractivity contribution is 0.0317. The molecule has 0 aromatic carbocycles. The summed E-state index contributed by atoms with van der Waals surface area (Å²) < 4.78 is 5.26. The van der Waals surface area contributed by atoms with E-state index in [4.69, 9.17) is 4.74 Å². The molecule has 0 aliphatic heterocycles. The van der Waals surface area contributed by atoms with Gasteiger partial charge in [0.15, 0.2) is 0 Å². The van der Waals surface area contributed by atoms with Gasteiger partial charge in [0.05, 0.1) is 0 Å². The maximum absolute atomic E-state index is 11.6. The first-order valence-electron chi connectivity index (χ1n) is 6.10. The van der Waals surface area contributed by atoms with E-state index in [-0.39, 0.29) is 6.09 Å². The van der Waals surface area contributed by atoms with Gasteiger partial charge >= 0.3 is 6.09 Å². The Hall–Kier alpha value is -0.773. The molecule has 0 bridgehead atoms. The number of carbonyl (C=O) groups excluding carboxylic acids is 1. The second-order valence-corrected chi connectivity index (χ2v) is 12.1. The number of rotatable bonds is 4. The van der Waals surface area contributed by atoms with E-state index in [9.17, 15) is 4.79 Å². The smallest absolute Gasteiger partial charge is 0.410 e. The van der Waals surface area contributed by atoms with Crippen molar-refractivity contribution in [3.63, 3.8) is 0 Å². The molecule has 4 heteroatoms. The molecular formula is C13H27NO2Si. The number of amides is 1. The van der Waals surface area contributed by atoms with E-state index in [2.05, 4.69) is 25.7 Å². The summed E-state index contributed by atoms with van der Waals surface area (Å²) in [5.41, 5.74) is -0.423. The zero-order valence-electron chi connectivity index (χ0n) is 12.3. The number of nitrogens with zero attached hydrogens (tertiary/aromatic N) is 1. The number of carbonyl (C=O) groups is 1. The Morgan fingerprint density at radius 2 is 1.76 bits per heavy atom. The second-order valence-electron chi connectivity index (χ2n) is 6.60. The lowest BCUT2D eigenvalue weighted by atomic mass is 10.2. The fourth-order valence-corrected chi connectivity index (χ4v) is 1.96. The highest BCUT2D eigenvalue weighted by Gasteiger charge is 2.18. The number of allylic oxidation sites excluding steroid dienone is 1. The van der Waals surface area contributed by atoms with Crippen LogP contribution in [-0.4, -0.2) is 38.3 Å². The molecule has 0 radical (unpaired) electrons. The van der Waals surface area contributed by atoms with Crippen molar-refractivity contribution in [1.29, 1.82) is 0 Å². The maximum atomic E-state index is 11.6. The van der Waals surface area contributed by atoms with Crippen LogP contribution in [0.2, 0.25) is 25.7 Å². The van der Waals surface area contributed by atoms with Crippen molar-refractivity contribution in [3.8, 4) is 0 Å². The summed E-state index contributed by atoms with van der Waals surface area (Å²) >= 11 is 0. The molecule has 1 amide bonds. The quantitative estimate of drug-likeness (QED) is 0.567. The minimum absolute atomic E-state index is 0.268. The monoisotopic (exact) mass is 257 g/mol. The van der Waals surface area contributed by atoms with Crippen LogP contribution in [0.4, 0.5) is 4.79 Å². The summed E-state index contributed by atoms with van der Waals surface area (Å²) in [7, 11) is 0.741. The van der Waals surface area contributed by atoms with E-state index in [0.29, 0.717) is 6.54 Å². The topological polar surface area (TPSA) is 29.5 Å². The van der Waals surface area contributed by atoms with Crippen molar-refractivity contribution in [2.45, 2.75) is 52.1 Å². The van der Waals surface area contributed by atoms with Crippen molar-refractivity contribution in [3.05, 3.63) is 12.2 Å². The lowest BCUT2D eigenvalue weighted by Gasteiger charge is -2.23. The molecular weight excluding hydrogens is 230 g/mol. The molecule has 0 heterocycles. The molecule has 0 spiro atoms. The van der Waals surface area contributed by atoms with Gasteiger partial charge in [0.25, 0.3) is 0 Å². The number of hydrogen-bond acceptors (Lipinski definition) is 2. The summed E-state index contributed by atoms with van der Waals surface area (Å²) in [4.78, 5) is 13.2. The third kappa shape index (κ3) is 10.1. The van der Waals surface area contributed by atoms with Crippen LogP contribution in [0.3, 0.4) is 0 Å². The highest BCUT2D eigenvalue weighted by molar-refractivity contribution is 6.76. The molecule has 3 nitrogen and oxygen atoms in total. The van der Waals surface area contributed by atoms with Crippen LogP contribution in [-0.2, 0) is 4.74 Å².